The van der Waals surface area contributed by atoms with E-state index in [0.29, 0.717) is 12.6 Å². The first-order chi connectivity index (χ1) is 13.7. The standard InChI is InChI=1S/C20H29N7O/c1-15-23-24-19(25(15)2)14-21-20(22-16-8-9-16)27-12-10-26(11-13-27)17-6-4-5-7-18(17)28-3/h4-7,16H,8-14H2,1-3H3,(H,21,22). The number of para-hydroxylation sites is 2. The van der Waals surface area contributed by atoms with Gasteiger partial charge in [-0.25, -0.2) is 4.99 Å². The highest BCUT2D eigenvalue weighted by atomic mass is 16.5. The molecule has 1 aliphatic carbocycles. The average Bonchev–Trinajstić information content (AvgIpc) is 3.50. The summed E-state index contributed by atoms with van der Waals surface area (Å²) in [6.45, 7) is 6.23. The Morgan fingerprint density at radius 3 is 2.57 bits per heavy atom. The third kappa shape index (κ3) is 4.05. The summed E-state index contributed by atoms with van der Waals surface area (Å²) in [4.78, 5) is 9.61. The Morgan fingerprint density at radius 2 is 1.93 bits per heavy atom. The molecule has 1 N–H and O–H groups in total. The van der Waals surface area contributed by atoms with E-state index in [1.54, 1.807) is 7.11 Å². The Hall–Kier alpha value is -2.77. The van der Waals surface area contributed by atoms with Crippen LogP contribution in [0.15, 0.2) is 29.3 Å². The van der Waals surface area contributed by atoms with Crippen molar-refractivity contribution in [3.05, 3.63) is 35.9 Å². The van der Waals surface area contributed by atoms with Gasteiger partial charge in [-0.1, -0.05) is 12.1 Å². The van der Waals surface area contributed by atoms with Crippen LogP contribution in [0, 0.1) is 6.92 Å². The molecule has 1 saturated heterocycles. The number of hydrogen-bond donors (Lipinski definition) is 1. The van der Waals surface area contributed by atoms with E-state index >= 15 is 0 Å². The van der Waals surface area contributed by atoms with Crippen molar-refractivity contribution in [1.82, 2.24) is 25.0 Å². The van der Waals surface area contributed by atoms with Gasteiger partial charge in [0.15, 0.2) is 11.8 Å². The van der Waals surface area contributed by atoms with E-state index in [0.717, 1.165) is 55.2 Å². The van der Waals surface area contributed by atoms with Gasteiger partial charge in [0.25, 0.3) is 0 Å². The van der Waals surface area contributed by atoms with Crippen molar-refractivity contribution in [3.63, 3.8) is 0 Å². The Labute approximate surface area is 166 Å². The zero-order chi connectivity index (χ0) is 19.5. The fourth-order valence-corrected chi connectivity index (χ4v) is 3.43. The van der Waals surface area contributed by atoms with Gasteiger partial charge in [0, 0.05) is 39.3 Å². The molecule has 1 aromatic carbocycles. The number of benzene rings is 1. The van der Waals surface area contributed by atoms with Crippen molar-refractivity contribution < 1.29 is 4.74 Å². The lowest BCUT2D eigenvalue weighted by Gasteiger charge is -2.38. The van der Waals surface area contributed by atoms with Crippen molar-refractivity contribution in [2.45, 2.75) is 32.4 Å². The van der Waals surface area contributed by atoms with Crippen LogP contribution in [-0.4, -0.2) is 65.0 Å². The van der Waals surface area contributed by atoms with Crippen molar-refractivity contribution in [2.24, 2.45) is 12.0 Å². The summed E-state index contributed by atoms with van der Waals surface area (Å²) in [6.07, 6.45) is 2.45. The quantitative estimate of drug-likeness (QED) is 0.624. The van der Waals surface area contributed by atoms with Gasteiger partial charge in [0.2, 0.25) is 0 Å². The van der Waals surface area contributed by atoms with Gasteiger partial charge in [0.05, 0.1) is 12.8 Å². The second kappa shape index (κ2) is 8.08. The van der Waals surface area contributed by atoms with Crippen LogP contribution in [0.25, 0.3) is 0 Å². The molecular weight excluding hydrogens is 354 g/mol. The van der Waals surface area contributed by atoms with Gasteiger partial charge in [-0.05, 0) is 31.9 Å². The number of hydrogen-bond acceptors (Lipinski definition) is 5. The van der Waals surface area contributed by atoms with Crippen LogP contribution in [0.2, 0.25) is 0 Å². The molecule has 2 aliphatic rings. The minimum Gasteiger partial charge on any atom is -0.495 e. The first-order valence-corrected chi connectivity index (χ1v) is 9.94. The molecule has 0 amide bonds. The number of rotatable bonds is 5. The molecule has 1 aliphatic heterocycles. The fourth-order valence-electron chi connectivity index (χ4n) is 3.43. The largest absolute Gasteiger partial charge is 0.495 e. The number of nitrogens with zero attached hydrogens (tertiary/aromatic N) is 6. The molecule has 8 heteroatoms. The van der Waals surface area contributed by atoms with E-state index in [1.807, 2.05) is 30.7 Å². The molecule has 1 saturated carbocycles. The predicted molar refractivity (Wildman–Crippen MR) is 110 cm³/mol. The average molecular weight is 384 g/mol. The second-order valence-electron chi connectivity index (χ2n) is 7.43. The highest BCUT2D eigenvalue weighted by molar-refractivity contribution is 5.81. The molecule has 2 fully saturated rings. The zero-order valence-corrected chi connectivity index (χ0v) is 16.9. The summed E-state index contributed by atoms with van der Waals surface area (Å²) in [7, 11) is 3.72. The molecule has 0 atom stereocenters. The van der Waals surface area contributed by atoms with Crippen molar-refractivity contribution >= 4 is 11.6 Å². The van der Waals surface area contributed by atoms with Crippen LogP contribution in [0.4, 0.5) is 5.69 Å². The molecule has 150 valence electrons. The van der Waals surface area contributed by atoms with Gasteiger partial charge >= 0.3 is 0 Å². The first-order valence-electron chi connectivity index (χ1n) is 9.94. The van der Waals surface area contributed by atoms with Crippen LogP contribution in [0.1, 0.15) is 24.5 Å². The zero-order valence-electron chi connectivity index (χ0n) is 16.9. The molecular formula is C20H29N7O. The van der Waals surface area contributed by atoms with Crippen molar-refractivity contribution in [2.75, 3.05) is 38.2 Å². The molecule has 4 rings (SSSR count). The molecule has 0 radical (unpaired) electrons. The number of ether oxygens (including phenoxy) is 1. The third-order valence-corrected chi connectivity index (χ3v) is 5.47. The molecule has 28 heavy (non-hydrogen) atoms. The van der Waals surface area contributed by atoms with Gasteiger partial charge in [-0.15, -0.1) is 10.2 Å². The number of methoxy groups -OCH3 is 1. The maximum Gasteiger partial charge on any atom is 0.194 e. The lowest BCUT2D eigenvalue weighted by molar-refractivity contribution is 0.365. The third-order valence-electron chi connectivity index (χ3n) is 5.47. The molecule has 2 aromatic rings. The van der Waals surface area contributed by atoms with Crippen LogP contribution >= 0.6 is 0 Å². The highest BCUT2D eigenvalue weighted by Gasteiger charge is 2.27. The molecule has 0 bridgehead atoms. The second-order valence-corrected chi connectivity index (χ2v) is 7.43. The number of guanidine groups is 1. The number of aromatic nitrogens is 3. The summed E-state index contributed by atoms with van der Waals surface area (Å²) in [6, 6.07) is 8.78. The Bertz CT molecular complexity index is 835. The summed E-state index contributed by atoms with van der Waals surface area (Å²) in [5, 5.41) is 12.0. The minimum atomic E-state index is 0.541. The van der Waals surface area contributed by atoms with Crippen LogP contribution in [0.3, 0.4) is 0 Å². The Kier molecular flexibility index (Phi) is 5.36. The van der Waals surface area contributed by atoms with Crippen molar-refractivity contribution in [3.8, 4) is 5.75 Å². The highest BCUT2D eigenvalue weighted by Crippen LogP contribution is 2.28. The number of anilines is 1. The lowest BCUT2D eigenvalue weighted by Crippen LogP contribution is -2.53. The predicted octanol–water partition coefficient (Wildman–Crippen LogP) is 1.56. The van der Waals surface area contributed by atoms with E-state index in [1.165, 1.54) is 12.8 Å². The first kappa shape index (κ1) is 18.6. The minimum absolute atomic E-state index is 0.541. The number of piperazine rings is 1. The summed E-state index contributed by atoms with van der Waals surface area (Å²) in [5.74, 6) is 3.72. The molecule has 2 heterocycles. The van der Waals surface area contributed by atoms with Gasteiger partial charge < -0.3 is 24.4 Å². The maximum absolute atomic E-state index is 5.53. The monoisotopic (exact) mass is 383 g/mol. The fraction of sp³-hybridized carbons (Fsp3) is 0.550. The van der Waals surface area contributed by atoms with E-state index in [9.17, 15) is 0 Å². The number of aliphatic imine (C=N–C) groups is 1. The van der Waals surface area contributed by atoms with Crippen LogP contribution in [0.5, 0.6) is 5.75 Å². The van der Waals surface area contributed by atoms with Gasteiger partial charge in [0.1, 0.15) is 18.1 Å². The van der Waals surface area contributed by atoms with E-state index < -0.39 is 0 Å². The van der Waals surface area contributed by atoms with E-state index in [4.69, 9.17) is 9.73 Å². The maximum atomic E-state index is 5.53. The SMILES string of the molecule is COc1ccccc1N1CCN(C(=NCc2nnc(C)n2C)NC2CC2)CC1. The molecule has 1 aromatic heterocycles. The van der Waals surface area contributed by atoms with Gasteiger partial charge in [-0.3, -0.25) is 0 Å². The number of nitrogens with one attached hydrogen (secondary N) is 1. The Morgan fingerprint density at radius 1 is 1.18 bits per heavy atom. The van der Waals surface area contributed by atoms with Gasteiger partial charge in [-0.2, -0.15) is 0 Å². The number of aryl methyl sites for hydroxylation is 1. The summed E-state index contributed by atoms with van der Waals surface area (Å²) < 4.78 is 7.53. The van der Waals surface area contributed by atoms with E-state index in [-0.39, 0.29) is 0 Å². The topological polar surface area (TPSA) is 70.8 Å². The van der Waals surface area contributed by atoms with Crippen LogP contribution in [-0.2, 0) is 13.6 Å². The lowest BCUT2D eigenvalue weighted by atomic mass is 10.2. The molecule has 8 nitrogen and oxygen atoms in total. The van der Waals surface area contributed by atoms with Crippen LogP contribution < -0.4 is 15.0 Å². The summed E-state index contributed by atoms with van der Waals surface area (Å²) in [5.41, 5.74) is 1.16. The molecule has 0 spiro atoms. The normalized spacial score (nSPS) is 17.8. The Balaban J connectivity index is 1.43. The molecule has 0 unspecified atom stereocenters. The van der Waals surface area contributed by atoms with E-state index in [2.05, 4.69) is 37.4 Å². The smallest absolute Gasteiger partial charge is 0.194 e. The van der Waals surface area contributed by atoms with Crippen molar-refractivity contribution in [1.29, 1.82) is 0 Å². The summed E-state index contributed by atoms with van der Waals surface area (Å²) >= 11 is 0.